The lowest BCUT2D eigenvalue weighted by Crippen LogP contribution is -2.35. The quantitative estimate of drug-likeness (QED) is 0.562. The van der Waals surface area contributed by atoms with Crippen molar-refractivity contribution in [3.63, 3.8) is 0 Å². The molecule has 0 atom stereocenters. The predicted molar refractivity (Wildman–Crippen MR) is 124 cm³/mol. The minimum atomic E-state index is -0.192. The van der Waals surface area contributed by atoms with Crippen LogP contribution >= 0.6 is 11.6 Å². The van der Waals surface area contributed by atoms with E-state index in [1.807, 2.05) is 42.6 Å². The molecule has 2 aromatic heterocycles. The number of benzene rings is 1. The van der Waals surface area contributed by atoms with Gasteiger partial charge in [-0.2, -0.15) is 0 Å². The molecule has 1 fully saturated rings. The van der Waals surface area contributed by atoms with Gasteiger partial charge in [0.1, 0.15) is 5.82 Å². The zero-order chi connectivity index (χ0) is 21.5. The molecule has 0 unspecified atom stereocenters. The first kappa shape index (κ1) is 21.3. The van der Waals surface area contributed by atoms with Crippen molar-refractivity contribution in [3.8, 4) is 0 Å². The Labute approximate surface area is 187 Å². The Hall–Kier alpha value is -2.96. The monoisotopic (exact) mass is 435 g/mol. The van der Waals surface area contributed by atoms with E-state index in [0.29, 0.717) is 22.3 Å². The predicted octanol–water partition coefficient (Wildman–Crippen LogP) is 4.71. The van der Waals surface area contributed by atoms with Gasteiger partial charge in [-0.25, -0.2) is 4.98 Å². The number of nitrogens with one attached hydrogen (secondary N) is 2. The lowest BCUT2D eigenvalue weighted by atomic mass is 9.96. The van der Waals surface area contributed by atoms with E-state index in [-0.39, 0.29) is 5.91 Å². The van der Waals surface area contributed by atoms with E-state index in [1.54, 1.807) is 12.1 Å². The molecule has 1 aromatic carbocycles. The summed E-state index contributed by atoms with van der Waals surface area (Å²) in [6, 6.07) is 17.0. The van der Waals surface area contributed by atoms with Crippen molar-refractivity contribution in [1.82, 2.24) is 14.9 Å². The zero-order valence-electron chi connectivity index (χ0n) is 17.3. The summed E-state index contributed by atoms with van der Waals surface area (Å²) < 4.78 is 0. The number of piperidine rings is 1. The van der Waals surface area contributed by atoms with Crippen LogP contribution in [0.4, 0.5) is 11.5 Å². The van der Waals surface area contributed by atoms with Crippen LogP contribution in [0.15, 0.2) is 67.0 Å². The molecule has 7 heteroatoms. The molecule has 0 radical (unpaired) electrons. The van der Waals surface area contributed by atoms with Crippen molar-refractivity contribution in [1.29, 1.82) is 0 Å². The van der Waals surface area contributed by atoms with Crippen molar-refractivity contribution in [3.05, 3.63) is 83.3 Å². The van der Waals surface area contributed by atoms with E-state index >= 15 is 0 Å². The van der Waals surface area contributed by atoms with E-state index in [0.717, 1.165) is 50.4 Å². The number of carbonyl (C=O) groups is 1. The molecular weight excluding hydrogens is 410 g/mol. The van der Waals surface area contributed by atoms with Gasteiger partial charge < -0.3 is 10.6 Å². The Morgan fingerprint density at radius 1 is 1.03 bits per heavy atom. The molecule has 4 rings (SSSR count). The number of halogens is 1. The summed E-state index contributed by atoms with van der Waals surface area (Å²) in [5.41, 5.74) is 2.56. The fourth-order valence-corrected chi connectivity index (χ4v) is 3.90. The van der Waals surface area contributed by atoms with E-state index < -0.39 is 0 Å². The van der Waals surface area contributed by atoms with Gasteiger partial charge >= 0.3 is 0 Å². The molecule has 160 valence electrons. The first-order valence-corrected chi connectivity index (χ1v) is 10.9. The van der Waals surface area contributed by atoms with Crippen LogP contribution in [-0.2, 0) is 6.54 Å². The SMILES string of the molecule is O=C(Nc1ccc(Cl)cn1)c1ccccc1NCC1CCN(Cc2ccccn2)CC1. The van der Waals surface area contributed by atoms with Crippen molar-refractivity contribution in [2.45, 2.75) is 19.4 Å². The summed E-state index contributed by atoms with van der Waals surface area (Å²) in [7, 11) is 0. The van der Waals surface area contributed by atoms with Gasteiger partial charge in [-0.1, -0.05) is 29.8 Å². The van der Waals surface area contributed by atoms with Gasteiger partial charge in [0.2, 0.25) is 0 Å². The molecule has 31 heavy (non-hydrogen) atoms. The number of rotatable bonds is 7. The van der Waals surface area contributed by atoms with Crippen LogP contribution in [0.2, 0.25) is 5.02 Å². The van der Waals surface area contributed by atoms with Crippen LogP contribution in [0, 0.1) is 5.92 Å². The third-order valence-electron chi connectivity index (χ3n) is 5.54. The minimum absolute atomic E-state index is 0.192. The Bertz CT molecular complexity index is 988. The lowest BCUT2D eigenvalue weighted by molar-refractivity contribution is 0.102. The maximum atomic E-state index is 12.8. The number of anilines is 2. The number of nitrogens with zero attached hydrogens (tertiary/aromatic N) is 3. The number of amides is 1. The molecule has 3 heterocycles. The molecule has 1 saturated heterocycles. The molecular formula is C24H26ClN5O. The van der Waals surface area contributed by atoms with Gasteiger partial charge in [-0.3, -0.25) is 14.7 Å². The van der Waals surface area contributed by atoms with Crippen molar-refractivity contribution in [2.24, 2.45) is 5.92 Å². The lowest BCUT2D eigenvalue weighted by Gasteiger charge is -2.32. The number of hydrogen-bond donors (Lipinski definition) is 2. The van der Waals surface area contributed by atoms with E-state index in [9.17, 15) is 4.79 Å². The average Bonchev–Trinajstić information content (AvgIpc) is 2.81. The largest absolute Gasteiger partial charge is 0.384 e. The number of pyridine rings is 2. The van der Waals surface area contributed by atoms with Gasteiger partial charge in [0.25, 0.3) is 5.91 Å². The summed E-state index contributed by atoms with van der Waals surface area (Å²) in [6.07, 6.45) is 5.62. The van der Waals surface area contributed by atoms with Crippen molar-refractivity contribution >= 4 is 29.0 Å². The van der Waals surface area contributed by atoms with Crippen molar-refractivity contribution < 1.29 is 4.79 Å². The van der Waals surface area contributed by atoms with Gasteiger partial charge in [0, 0.05) is 31.2 Å². The normalized spacial score (nSPS) is 14.9. The molecule has 0 saturated carbocycles. The van der Waals surface area contributed by atoms with Gasteiger partial charge in [0.05, 0.1) is 16.3 Å². The molecule has 0 bridgehead atoms. The molecule has 0 spiro atoms. The number of para-hydroxylation sites is 1. The van der Waals surface area contributed by atoms with Crippen molar-refractivity contribution in [2.75, 3.05) is 30.3 Å². The fourth-order valence-electron chi connectivity index (χ4n) is 3.79. The zero-order valence-corrected chi connectivity index (χ0v) is 18.1. The summed E-state index contributed by atoms with van der Waals surface area (Å²) in [6.45, 7) is 3.88. The van der Waals surface area contributed by atoms with E-state index in [2.05, 4.69) is 31.6 Å². The molecule has 3 aromatic rings. The number of aromatic nitrogens is 2. The molecule has 6 nitrogen and oxygen atoms in total. The Kier molecular flexibility index (Phi) is 7.12. The maximum Gasteiger partial charge on any atom is 0.258 e. The number of hydrogen-bond acceptors (Lipinski definition) is 5. The number of carbonyl (C=O) groups excluding carboxylic acids is 1. The van der Waals surface area contributed by atoms with Crippen LogP contribution in [0.1, 0.15) is 28.9 Å². The molecule has 1 aliphatic rings. The second kappa shape index (κ2) is 10.4. The second-order valence-electron chi connectivity index (χ2n) is 7.78. The Morgan fingerprint density at radius 3 is 2.58 bits per heavy atom. The van der Waals surface area contributed by atoms with Crippen LogP contribution in [0.3, 0.4) is 0 Å². The van der Waals surface area contributed by atoms with Crippen LogP contribution in [-0.4, -0.2) is 40.4 Å². The summed E-state index contributed by atoms with van der Waals surface area (Å²) in [5.74, 6) is 0.863. The summed E-state index contributed by atoms with van der Waals surface area (Å²) >= 11 is 5.86. The van der Waals surface area contributed by atoms with E-state index in [4.69, 9.17) is 11.6 Å². The van der Waals surface area contributed by atoms with Crippen LogP contribution < -0.4 is 10.6 Å². The molecule has 1 amide bonds. The highest BCUT2D eigenvalue weighted by atomic mass is 35.5. The summed E-state index contributed by atoms with van der Waals surface area (Å²) in [5, 5.41) is 6.86. The minimum Gasteiger partial charge on any atom is -0.384 e. The second-order valence-corrected chi connectivity index (χ2v) is 8.22. The molecule has 2 N–H and O–H groups in total. The average molecular weight is 436 g/mol. The first-order valence-electron chi connectivity index (χ1n) is 10.6. The van der Waals surface area contributed by atoms with Gasteiger partial charge in [0.15, 0.2) is 0 Å². The standard InChI is InChI=1S/C24H26ClN5O/c25-19-8-9-23(28-16-19)29-24(31)21-6-1-2-7-22(21)27-15-18-10-13-30(14-11-18)17-20-5-3-4-12-26-20/h1-9,12,16,18,27H,10-11,13-15,17H2,(H,28,29,31). The third-order valence-corrected chi connectivity index (χ3v) is 5.76. The topological polar surface area (TPSA) is 70.2 Å². The third kappa shape index (κ3) is 6.03. The Balaban J connectivity index is 1.29. The number of likely N-dealkylation sites (tertiary alicyclic amines) is 1. The highest BCUT2D eigenvalue weighted by Crippen LogP contribution is 2.22. The fraction of sp³-hybridized carbons (Fsp3) is 0.292. The maximum absolute atomic E-state index is 12.8. The van der Waals surface area contributed by atoms with Crippen LogP contribution in [0.5, 0.6) is 0 Å². The van der Waals surface area contributed by atoms with Crippen LogP contribution in [0.25, 0.3) is 0 Å². The summed E-state index contributed by atoms with van der Waals surface area (Å²) in [4.78, 5) is 23.8. The first-order chi connectivity index (χ1) is 15.2. The van der Waals surface area contributed by atoms with Gasteiger partial charge in [-0.05, 0) is 68.2 Å². The highest BCUT2D eigenvalue weighted by Gasteiger charge is 2.20. The van der Waals surface area contributed by atoms with E-state index in [1.165, 1.54) is 6.20 Å². The molecule has 1 aliphatic heterocycles. The Morgan fingerprint density at radius 2 is 1.84 bits per heavy atom. The smallest absolute Gasteiger partial charge is 0.258 e. The molecule has 0 aliphatic carbocycles. The van der Waals surface area contributed by atoms with Gasteiger partial charge in [-0.15, -0.1) is 0 Å². The highest BCUT2D eigenvalue weighted by molar-refractivity contribution is 6.30.